The Balaban J connectivity index is 2.48. The molecular formula is C7H14O4. The molecule has 4 heteroatoms. The SMILES string of the molecule is CO[C@H]1C[C@@H](O)[C@@H](O)C[C@H]1O. The predicted octanol–water partition coefficient (Wildman–Crippen LogP) is -1.12. The molecule has 0 aromatic rings. The van der Waals surface area contributed by atoms with Crippen LogP contribution >= 0.6 is 0 Å². The standard InChI is InChI=1S/C7H14O4/c1-11-7-3-5(9)4(8)2-6(7)10/h4-10H,2-3H2,1H3/t4-,5+,6+,7-/m0/s1. The van der Waals surface area contributed by atoms with Crippen LogP contribution in [0.5, 0.6) is 0 Å². The van der Waals surface area contributed by atoms with Crippen LogP contribution in [0.3, 0.4) is 0 Å². The van der Waals surface area contributed by atoms with Crippen molar-refractivity contribution < 1.29 is 20.1 Å². The van der Waals surface area contributed by atoms with E-state index < -0.39 is 18.3 Å². The van der Waals surface area contributed by atoms with Gasteiger partial charge >= 0.3 is 0 Å². The maximum absolute atomic E-state index is 9.26. The lowest BCUT2D eigenvalue weighted by atomic mass is 9.90. The van der Waals surface area contributed by atoms with Crippen molar-refractivity contribution in [2.45, 2.75) is 37.3 Å². The van der Waals surface area contributed by atoms with Gasteiger partial charge in [0.25, 0.3) is 0 Å². The third-order valence-corrected chi connectivity index (χ3v) is 2.13. The van der Waals surface area contributed by atoms with Gasteiger partial charge in [-0.25, -0.2) is 0 Å². The number of aliphatic hydroxyl groups is 3. The predicted molar refractivity (Wildman–Crippen MR) is 38.1 cm³/mol. The number of aliphatic hydroxyl groups excluding tert-OH is 3. The van der Waals surface area contributed by atoms with Gasteiger partial charge in [0.15, 0.2) is 0 Å². The van der Waals surface area contributed by atoms with Gasteiger partial charge in [0.2, 0.25) is 0 Å². The van der Waals surface area contributed by atoms with Crippen LogP contribution in [0.2, 0.25) is 0 Å². The highest BCUT2D eigenvalue weighted by Crippen LogP contribution is 2.21. The van der Waals surface area contributed by atoms with Crippen LogP contribution in [0, 0.1) is 0 Å². The van der Waals surface area contributed by atoms with Crippen LogP contribution in [0.25, 0.3) is 0 Å². The van der Waals surface area contributed by atoms with Gasteiger partial charge in [0.05, 0.1) is 24.4 Å². The van der Waals surface area contributed by atoms with E-state index in [1.54, 1.807) is 0 Å². The Morgan fingerprint density at radius 2 is 1.55 bits per heavy atom. The second kappa shape index (κ2) is 3.49. The average Bonchev–Trinajstić information content (AvgIpc) is 1.97. The third kappa shape index (κ3) is 1.90. The highest BCUT2D eigenvalue weighted by atomic mass is 16.5. The van der Waals surface area contributed by atoms with Gasteiger partial charge in [-0.1, -0.05) is 0 Å². The van der Waals surface area contributed by atoms with Crippen LogP contribution in [0.1, 0.15) is 12.8 Å². The summed E-state index contributed by atoms with van der Waals surface area (Å²) in [6.07, 6.45) is -2.06. The Morgan fingerprint density at radius 3 is 2.09 bits per heavy atom. The summed E-state index contributed by atoms with van der Waals surface area (Å²) in [4.78, 5) is 0. The Kier molecular flexibility index (Phi) is 2.84. The van der Waals surface area contributed by atoms with E-state index in [4.69, 9.17) is 14.9 Å². The molecule has 1 aliphatic carbocycles. The first-order valence-corrected chi connectivity index (χ1v) is 3.72. The molecule has 4 nitrogen and oxygen atoms in total. The van der Waals surface area contributed by atoms with Gasteiger partial charge in [-0.05, 0) is 0 Å². The summed E-state index contributed by atoms with van der Waals surface area (Å²) in [5.41, 5.74) is 0. The van der Waals surface area contributed by atoms with Crippen molar-refractivity contribution in [1.29, 1.82) is 0 Å². The van der Waals surface area contributed by atoms with Crippen LogP contribution in [-0.4, -0.2) is 46.8 Å². The Hall–Kier alpha value is -0.160. The first-order chi connectivity index (χ1) is 5.15. The zero-order valence-electron chi connectivity index (χ0n) is 6.47. The van der Waals surface area contributed by atoms with Crippen LogP contribution in [0.4, 0.5) is 0 Å². The number of hydrogen-bond donors (Lipinski definition) is 3. The zero-order chi connectivity index (χ0) is 8.43. The van der Waals surface area contributed by atoms with Crippen LogP contribution in [-0.2, 0) is 4.74 Å². The molecule has 1 aliphatic rings. The number of rotatable bonds is 1. The molecule has 0 amide bonds. The quantitative estimate of drug-likeness (QED) is 0.456. The molecule has 0 saturated heterocycles. The van der Waals surface area contributed by atoms with E-state index >= 15 is 0 Å². The van der Waals surface area contributed by atoms with Gasteiger partial charge in [-0.15, -0.1) is 0 Å². The lowest BCUT2D eigenvalue weighted by molar-refractivity contribution is -0.119. The van der Waals surface area contributed by atoms with E-state index in [9.17, 15) is 5.11 Å². The molecule has 3 N–H and O–H groups in total. The van der Waals surface area contributed by atoms with E-state index in [0.717, 1.165) is 0 Å². The number of ether oxygens (including phenoxy) is 1. The molecule has 1 fully saturated rings. The fourth-order valence-corrected chi connectivity index (χ4v) is 1.36. The maximum Gasteiger partial charge on any atom is 0.0856 e. The minimum Gasteiger partial charge on any atom is -0.390 e. The van der Waals surface area contributed by atoms with Crippen molar-refractivity contribution in [3.8, 4) is 0 Å². The molecule has 0 heterocycles. The molecule has 1 saturated carbocycles. The minimum absolute atomic E-state index is 0.194. The van der Waals surface area contributed by atoms with E-state index in [2.05, 4.69) is 0 Å². The van der Waals surface area contributed by atoms with Crippen molar-refractivity contribution in [3.05, 3.63) is 0 Å². The van der Waals surface area contributed by atoms with E-state index in [0.29, 0.717) is 6.42 Å². The van der Waals surface area contributed by atoms with Crippen molar-refractivity contribution in [3.63, 3.8) is 0 Å². The number of hydrogen-bond acceptors (Lipinski definition) is 4. The van der Waals surface area contributed by atoms with Gasteiger partial charge in [-0.3, -0.25) is 0 Å². The molecule has 0 aromatic carbocycles. The summed E-state index contributed by atoms with van der Waals surface area (Å²) in [7, 11) is 1.48. The van der Waals surface area contributed by atoms with Crippen LogP contribution in [0.15, 0.2) is 0 Å². The Labute approximate surface area is 65.4 Å². The molecule has 0 unspecified atom stereocenters. The van der Waals surface area contributed by atoms with Crippen molar-refractivity contribution in [1.82, 2.24) is 0 Å². The lowest BCUT2D eigenvalue weighted by Gasteiger charge is -2.33. The summed E-state index contributed by atoms with van der Waals surface area (Å²) in [5, 5.41) is 27.5. The first kappa shape index (κ1) is 8.93. The summed E-state index contributed by atoms with van der Waals surface area (Å²) < 4.78 is 4.90. The molecule has 4 atom stereocenters. The number of methoxy groups -OCH3 is 1. The van der Waals surface area contributed by atoms with E-state index in [1.807, 2.05) is 0 Å². The monoisotopic (exact) mass is 162 g/mol. The molecule has 11 heavy (non-hydrogen) atoms. The average molecular weight is 162 g/mol. The van der Waals surface area contributed by atoms with Gasteiger partial charge < -0.3 is 20.1 Å². The lowest BCUT2D eigenvalue weighted by Crippen LogP contribution is -2.45. The third-order valence-electron chi connectivity index (χ3n) is 2.13. The highest BCUT2D eigenvalue weighted by molar-refractivity contribution is 4.85. The molecule has 0 aliphatic heterocycles. The first-order valence-electron chi connectivity index (χ1n) is 3.72. The molecule has 66 valence electrons. The minimum atomic E-state index is -0.809. The fraction of sp³-hybridized carbons (Fsp3) is 1.00. The highest BCUT2D eigenvalue weighted by Gasteiger charge is 2.34. The van der Waals surface area contributed by atoms with Crippen molar-refractivity contribution in [2.75, 3.05) is 7.11 Å². The van der Waals surface area contributed by atoms with Crippen LogP contribution < -0.4 is 0 Å². The van der Waals surface area contributed by atoms with Gasteiger partial charge in [0.1, 0.15) is 0 Å². The Morgan fingerprint density at radius 1 is 1.00 bits per heavy atom. The summed E-state index contributed by atoms with van der Waals surface area (Å²) in [6, 6.07) is 0. The molecule has 0 aromatic heterocycles. The molecule has 0 spiro atoms. The molecule has 0 bridgehead atoms. The normalized spacial score (nSPS) is 45.8. The summed E-state index contributed by atoms with van der Waals surface area (Å²) in [6.45, 7) is 0. The Bertz CT molecular complexity index is 128. The smallest absolute Gasteiger partial charge is 0.0856 e. The largest absolute Gasteiger partial charge is 0.390 e. The van der Waals surface area contributed by atoms with Gasteiger partial charge in [-0.2, -0.15) is 0 Å². The van der Waals surface area contributed by atoms with Crippen molar-refractivity contribution in [2.24, 2.45) is 0 Å². The van der Waals surface area contributed by atoms with E-state index in [-0.39, 0.29) is 12.5 Å². The molecular weight excluding hydrogens is 148 g/mol. The zero-order valence-corrected chi connectivity index (χ0v) is 6.47. The second-order valence-electron chi connectivity index (χ2n) is 2.95. The summed E-state index contributed by atoms with van der Waals surface area (Å²) in [5.74, 6) is 0. The topological polar surface area (TPSA) is 69.9 Å². The maximum atomic E-state index is 9.26. The summed E-state index contributed by atoms with van der Waals surface area (Å²) >= 11 is 0. The fourth-order valence-electron chi connectivity index (χ4n) is 1.36. The van der Waals surface area contributed by atoms with E-state index in [1.165, 1.54) is 7.11 Å². The second-order valence-corrected chi connectivity index (χ2v) is 2.95. The molecule has 0 radical (unpaired) electrons. The van der Waals surface area contributed by atoms with Crippen molar-refractivity contribution >= 4 is 0 Å². The molecule has 1 rings (SSSR count). The van der Waals surface area contributed by atoms with Gasteiger partial charge in [0, 0.05) is 20.0 Å².